The highest BCUT2D eigenvalue weighted by Gasteiger charge is 2.26. The van der Waals surface area contributed by atoms with Gasteiger partial charge in [-0.2, -0.15) is 0 Å². The third kappa shape index (κ3) is 4.24. The van der Waals surface area contributed by atoms with E-state index < -0.39 is 0 Å². The van der Waals surface area contributed by atoms with Crippen LogP contribution in [0.4, 0.5) is 0 Å². The Kier molecular flexibility index (Phi) is 7.90. The van der Waals surface area contributed by atoms with Crippen LogP contribution in [0.15, 0.2) is 0 Å². The summed E-state index contributed by atoms with van der Waals surface area (Å²) in [7, 11) is 1.76. The predicted molar refractivity (Wildman–Crippen MR) is 61.4 cm³/mol. The fourth-order valence-electron chi connectivity index (χ4n) is 1.28. The number of halogens is 2. The van der Waals surface area contributed by atoms with Crippen molar-refractivity contribution < 1.29 is 4.74 Å². The van der Waals surface area contributed by atoms with Crippen molar-refractivity contribution in [1.29, 1.82) is 0 Å². The van der Waals surface area contributed by atoms with Gasteiger partial charge < -0.3 is 4.74 Å². The number of alkyl halides is 2. The highest BCUT2D eigenvalue weighted by atomic mass is 79.9. The average Bonchev–Trinajstić information content (AvgIpc) is 2.13. The first-order valence-corrected chi connectivity index (χ1v) is 6.60. The molecule has 0 aromatic rings. The minimum absolute atomic E-state index is 0.394. The molecule has 12 heavy (non-hydrogen) atoms. The lowest BCUT2D eigenvalue weighted by Crippen LogP contribution is -2.26. The normalized spacial score (nSPS) is 12.0. The van der Waals surface area contributed by atoms with E-state index in [-0.39, 0.29) is 0 Å². The molecule has 0 aromatic heterocycles. The van der Waals surface area contributed by atoms with Crippen molar-refractivity contribution in [2.75, 3.05) is 24.4 Å². The topological polar surface area (TPSA) is 9.23 Å². The Bertz CT molecular complexity index is 103. The maximum Gasteiger partial charge on any atom is 0.0468 e. The Morgan fingerprint density at radius 3 is 2.08 bits per heavy atom. The standard InChI is InChI=1S/C9H18Br2O/c1-3-4-9(7-10,8-11)5-6-12-2/h3-8H2,1-2H3. The van der Waals surface area contributed by atoms with E-state index in [1.165, 1.54) is 12.8 Å². The van der Waals surface area contributed by atoms with Crippen LogP contribution in [-0.4, -0.2) is 24.4 Å². The van der Waals surface area contributed by atoms with Gasteiger partial charge in [0.1, 0.15) is 0 Å². The smallest absolute Gasteiger partial charge is 0.0468 e. The molecule has 0 aromatic carbocycles. The van der Waals surface area contributed by atoms with E-state index in [9.17, 15) is 0 Å². The van der Waals surface area contributed by atoms with Crippen molar-refractivity contribution in [3.8, 4) is 0 Å². The maximum atomic E-state index is 5.11. The number of hydrogen-bond acceptors (Lipinski definition) is 1. The van der Waals surface area contributed by atoms with Gasteiger partial charge in [-0.1, -0.05) is 45.2 Å². The highest BCUT2D eigenvalue weighted by Crippen LogP contribution is 2.32. The van der Waals surface area contributed by atoms with Crippen LogP contribution in [0, 0.1) is 5.41 Å². The quantitative estimate of drug-likeness (QED) is 0.653. The molecule has 0 rings (SSSR count). The average molecular weight is 302 g/mol. The van der Waals surface area contributed by atoms with Crippen LogP contribution in [0.5, 0.6) is 0 Å². The van der Waals surface area contributed by atoms with Gasteiger partial charge in [-0.05, 0) is 18.3 Å². The van der Waals surface area contributed by atoms with Gasteiger partial charge in [-0.25, -0.2) is 0 Å². The SMILES string of the molecule is CCCC(CBr)(CBr)CCOC. The molecule has 0 atom stereocenters. The van der Waals surface area contributed by atoms with Crippen LogP contribution in [0.1, 0.15) is 26.2 Å². The summed E-state index contributed by atoms with van der Waals surface area (Å²) in [6.45, 7) is 3.09. The zero-order chi connectivity index (χ0) is 9.45. The van der Waals surface area contributed by atoms with Crippen LogP contribution >= 0.6 is 31.9 Å². The van der Waals surface area contributed by atoms with Gasteiger partial charge in [0.2, 0.25) is 0 Å². The van der Waals surface area contributed by atoms with Crippen LogP contribution in [0.25, 0.3) is 0 Å². The molecule has 0 N–H and O–H groups in total. The molecule has 0 radical (unpaired) electrons. The number of ether oxygens (including phenoxy) is 1. The molecular formula is C9H18Br2O. The van der Waals surface area contributed by atoms with Crippen molar-refractivity contribution in [2.45, 2.75) is 26.2 Å². The first-order chi connectivity index (χ1) is 5.74. The number of rotatable bonds is 7. The minimum atomic E-state index is 0.394. The molecule has 0 aliphatic rings. The molecule has 0 aliphatic heterocycles. The Hall–Kier alpha value is 0.920. The van der Waals surface area contributed by atoms with Crippen molar-refractivity contribution in [2.24, 2.45) is 5.41 Å². The van der Waals surface area contributed by atoms with Crippen LogP contribution in [0.2, 0.25) is 0 Å². The Morgan fingerprint density at radius 2 is 1.75 bits per heavy atom. The molecule has 0 saturated carbocycles. The molecule has 0 bridgehead atoms. The summed E-state index contributed by atoms with van der Waals surface area (Å²) >= 11 is 7.16. The van der Waals surface area contributed by atoms with Gasteiger partial charge in [0.15, 0.2) is 0 Å². The summed E-state index contributed by atoms with van der Waals surface area (Å²) in [6.07, 6.45) is 3.63. The lowest BCUT2D eigenvalue weighted by atomic mass is 9.85. The molecule has 1 nitrogen and oxygen atoms in total. The third-order valence-electron chi connectivity index (χ3n) is 2.18. The molecule has 0 fully saturated rings. The van der Waals surface area contributed by atoms with Gasteiger partial charge in [0.25, 0.3) is 0 Å². The molecular weight excluding hydrogens is 284 g/mol. The molecule has 0 saturated heterocycles. The zero-order valence-corrected chi connectivity index (χ0v) is 11.1. The minimum Gasteiger partial charge on any atom is -0.385 e. The van der Waals surface area contributed by atoms with Gasteiger partial charge in [-0.15, -0.1) is 0 Å². The van der Waals surface area contributed by atoms with E-state index in [2.05, 4.69) is 38.8 Å². The van der Waals surface area contributed by atoms with E-state index in [0.717, 1.165) is 23.7 Å². The lowest BCUT2D eigenvalue weighted by Gasteiger charge is -2.29. The van der Waals surface area contributed by atoms with Gasteiger partial charge in [0.05, 0.1) is 0 Å². The van der Waals surface area contributed by atoms with Crippen LogP contribution < -0.4 is 0 Å². The molecule has 0 aliphatic carbocycles. The van der Waals surface area contributed by atoms with Crippen LogP contribution in [0.3, 0.4) is 0 Å². The first kappa shape index (κ1) is 12.9. The van der Waals surface area contributed by atoms with Gasteiger partial charge in [0, 0.05) is 24.4 Å². The van der Waals surface area contributed by atoms with E-state index in [1.54, 1.807) is 7.11 Å². The van der Waals surface area contributed by atoms with Crippen molar-refractivity contribution in [1.82, 2.24) is 0 Å². The molecule has 0 spiro atoms. The molecule has 0 unspecified atom stereocenters. The Labute approximate surface area is 92.5 Å². The second kappa shape index (κ2) is 7.34. The van der Waals surface area contributed by atoms with Crippen molar-refractivity contribution in [3.05, 3.63) is 0 Å². The molecule has 74 valence electrons. The van der Waals surface area contributed by atoms with Crippen LogP contribution in [-0.2, 0) is 4.74 Å². The summed E-state index contributed by atoms with van der Waals surface area (Å²) < 4.78 is 5.11. The van der Waals surface area contributed by atoms with Gasteiger partial charge in [-0.3, -0.25) is 0 Å². The molecule has 0 heterocycles. The Balaban J connectivity index is 3.95. The zero-order valence-electron chi connectivity index (χ0n) is 7.91. The molecule has 3 heteroatoms. The van der Waals surface area contributed by atoms with Crippen molar-refractivity contribution in [3.63, 3.8) is 0 Å². The summed E-state index contributed by atoms with van der Waals surface area (Å²) in [5, 5.41) is 2.12. The Morgan fingerprint density at radius 1 is 1.17 bits per heavy atom. The monoisotopic (exact) mass is 300 g/mol. The van der Waals surface area contributed by atoms with E-state index in [1.807, 2.05) is 0 Å². The maximum absolute atomic E-state index is 5.11. The summed E-state index contributed by atoms with van der Waals surface area (Å²) in [5.74, 6) is 0. The first-order valence-electron chi connectivity index (χ1n) is 4.35. The summed E-state index contributed by atoms with van der Waals surface area (Å²) in [6, 6.07) is 0. The number of methoxy groups -OCH3 is 1. The fraction of sp³-hybridized carbons (Fsp3) is 1.00. The highest BCUT2D eigenvalue weighted by molar-refractivity contribution is 9.09. The van der Waals surface area contributed by atoms with Gasteiger partial charge >= 0.3 is 0 Å². The number of hydrogen-bond donors (Lipinski definition) is 0. The molecule has 0 amide bonds. The summed E-state index contributed by atoms with van der Waals surface area (Å²) in [5.41, 5.74) is 0.394. The summed E-state index contributed by atoms with van der Waals surface area (Å²) in [4.78, 5) is 0. The largest absolute Gasteiger partial charge is 0.385 e. The second-order valence-corrected chi connectivity index (χ2v) is 4.38. The van der Waals surface area contributed by atoms with E-state index >= 15 is 0 Å². The van der Waals surface area contributed by atoms with E-state index in [0.29, 0.717) is 5.41 Å². The lowest BCUT2D eigenvalue weighted by molar-refractivity contribution is 0.152. The second-order valence-electron chi connectivity index (χ2n) is 3.26. The van der Waals surface area contributed by atoms with E-state index in [4.69, 9.17) is 4.74 Å². The predicted octanol–water partition coefficient (Wildman–Crippen LogP) is 3.60. The van der Waals surface area contributed by atoms with Crippen molar-refractivity contribution >= 4 is 31.9 Å². The third-order valence-corrected chi connectivity index (χ3v) is 4.56. The fourth-order valence-corrected chi connectivity index (χ4v) is 3.33.